The lowest BCUT2D eigenvalue weighted by molar-refractivity contribution is 0.104. The van der Waals surface area contributed by atoms with Gasteiger partial charge in [0.15, 0.2) is 0 Å². The van der Waals surface area contributed by atoms with E-state index in [1.165, 1.54) is 0 Å². The topological polar surface area (TPSA) is 61.7 Å². The Morgan fingerprint density at radius 3 is 2.42 bits per heavy atom. The molecule has 108 valence electrons. The number of aromatic hydroxyl groups is 1. The zero-order valence-electron chi connectivity index (χ0n) is 12.4. The highest BCUT2D eigenvalue weighted by atomic mass is 16.5. The van der Waals surface area contributed by atoms with Gasteiger partial charge in [0, 0.05) is 12.6 Å². The molecule has 0 amide bonds. The van der Waals surface area contributed by atoms with Gasteiger partial charge >= 0.3 is 0 Å². The summed E-state index contributed by atoms with van der Waals surface area (Å²) >= 11 is 0. The lowest BCUT2D eigenvalue weighted by Crippen LogP contribution is -2.35. The van der Waals surface area contributed by atoms with Crippen molar-refractivity contribution in [2.75, 3.05) is 13.2 Å². The molecule has 0 aliphatic carbocycles. The second kappa shape index (κ2) is 6.78. The highest BCUT2D eigenvalue weighted by Gasteiger charge is 2.13. The molecule has 0 spiro atoms. The van der Waals surface area contributed by atoms with Crippen molar-refractivity contribution in [2.24, 2.45) is 0 Å². The van der Waals surface area contributed by atoms with Crippen molar-refractivity contribution < 1.29 is 14.9 Å². The first kappa shape index (κ1) is 15.8. The van der Waals surface area contributed by atoms with Crippen molar-refractivity contribution in [1.29, 1.82) is 0 Å². The molecule has 0 aromatic heterocycles. The first-order chi connectivity index (χ1) is 8.82. The van der Waals surface area contributed by atoms with E-state index in [0.717, 1.165) is 22.4 Å². The average molecular weight is 267 g/mol. The van der Waals surface area contributed by atoms with Crippen LogP contribution in [0.2, 0.25) is 0 Å². The van der Waals surface area contributed by atoms with Crippen molar-refractivity contribution in [2.45, 2.75) is 46.8 Å². The monoisotopic (exact) mass is 267 g/mol. The quantitative estimate of drug-likeness (QED) is 0.738. The Morgan fingerprint density at radius 2 is 1.84 bits per heavy atom. The van der Waals surface area contributed by atoms with E-state index in [1.54, 1.807) is 6.07 Å². The lowest BCUT2D eigenvalue weighted by Gasteiger charge is -2.18. The van der Waals surface area contributed by atoms with Crippen molar-refractivity contribution in [1.82, 2.24) is 5.32 Å². The second-order valence-electron chi connectivity index (χ2n) is 5.32. The van der Waals surface area contributed by atoms with E-state index in [2.05, 4.69) is 5.32 Å². The molecule has 1 atom stereocenters. The van der Waals surface area contributed by atoms with Crippen LogP contribution in [0, 0.1) is 20.8 Å². The van der Waals surface area contributed by atoms with E-state index in [4.69, 9.17) is 4.74 Å². The van der Waals surface area contributed by atoms with Gasteiger partial charge in [0.1, 0.15) is 24.2 Å². The van der Waals surface area contributed by atoms with E-state index in [9.17, 15) is 10.2 Å². The van der Waals surface area contributed by atoms with E-state index in [1.807, 2.05) is 34.6 Å². The highest BCUT2D eigenvalue weighted by Crippen LogP contribution is 2.32. The van der Waals surface area contributed by atoms with E-state index in [-0.39, 0.29) is 12.4 Å². The number of aryl methyl sites for hydroxylation is 1. The summed E-state index contributed by atoms with van der Waals surface area (Å²) < 4.78 is 5.70. The smallest absolute Gasteiger partial charge is 0.125 e. The van der Waals surface area contributed by atoms with E-state index in [0.29, 0.717) is 12.6 Å². The van der Waals surface area contributed by atoms with Crippen LogP contribution in [-0.4, -0.2) is 35.5 Å². The second-order valence-corrected chi connectivity index (χ2v) is 5.32. The summed E-state index contributed by atoms with van der Waals surface area (Å²) in [5.41, 5.74) is 2.61. The van der Waals surface area contributed by atoms with Gasteiger partial charge in [-0.05, 0) is 43.5 Å². The Morgan fingerprint density at radius 1 is 1.21 bits per heavy atom. The van der Waals surface area contributed by atoms with Gasteiger partial charge in [0.05, 0.1) is 0 Å². The Bertz CT molecular complexity index is 430. The molecule has 1 rings (SSSR count). The van der Waals surface area contributed by atoms with Crippen LogP contribution in [0.3, 0.4) is 0 Å². The summed E-state index contributed by atoms with van der Waals surface area (Å²) in [5.74, 6) is 1.03. The molecule has 0 saturated heterocycles. The van der Waals surface area contributed by atoms with Gasteiger partial charge in [-0.1, -0.05) is 13.8 Å². The molecule has 4 heteroatoms. The Hall–Kier alpha value is -1.26. The number of ether oxygens (including phenoxy) is 1. The molecule has 0 aliphatic rings. The summed E-state index contributed by atoms with van der Waals surface area (Å²) in [7, 11) is 0. The molecule has 0 radical (unpaired) electrons. The number of aliphatic hydroxyl groups excluding tert-OH is 1. The number of phenolic OH excluding ortho intramolecular Hbond substituents is 1. The minimum Gasteiger partial charge on any atom is -0.508 e. The normalized spacial score (nSPS) is 12.8. The first-order valence-electron chi connectivity index (χ1n) is 6.67. The Balaban J connectivity index is 2.65. The number of hydrogen-bond donors (Lipinski definition) is 3. The molecule has 1 aromatic carbocycles. The zero-order valence-corrected chi connectivity index (χ0v) is 12.4. The fourth-order valence-corrected chi connectivity index (χ4v) is 1.87. The number of rotatable bonds is 6. The van der Waals surface area contributed by atoms with Gasteiger partial charge in [-0.25, -0.2) is 0 Å². The van der Waals surface area contributed by atoms with Gasteiger partial charge in [-0.3, -0.25) is 0 Å². The Kier molecular flexibility index (Phi) is 5.63. The van der Waals surface area contributed by atoms with Gasteiger partial charge in [-0.2, -0.15) is 0 Å². The predicted octanol–water partition coefficient (Wildman–Crippen LogP) is 2.06. The summed E-state index contributed by atoms with van der Waals surface area (Å²) in [6.07, 6.45) is -0.546. The fraction of sp³-hybridized carbons (Fsp3) is 0.600. The number of phenols is 1. The summed E-state index contributed by atoms with van der Waals surface area (Å²) in [4.78, 5) is 0. The number of benzene rings is 1. The van der Waals surface area contributed by atoms with E-state index < -0.39 is 6.10 Å². The minimum absolute atomic E-state index is 0.242. The van der Waals surface area contributed by atoms with Crippen LogP contribution in [0.5, 0.6) is 11.5 Å². The molecule has 19 heavy (non-hydrogen) atoms. The molecular weight excluding hydrogens is 242 g/mol. The van der Waals surface area contributed by atoms with Crippen molar-refractivity contribution in [3.05, 3.63) is 22.8 Å². The van der Waals surface area contributed by atoms with Crippen LogP contribution in [0.1, 0.15) is 30.5 Å². The van der Waals surface area contributed by atoms with Gasteiger partial charge in [0.2, 0.25) is 0 Å². The van der Waals surface area contributed by atoms with Crippen LogP contribution in [-0.2, 0) is 0 Å². The molecule has 3 N–H and O–H groups in total. The summed E-state index contributed by atoms with van der Waals surface area (Å²) in [6.45, 7) is 10.5. The highest BCUT2D eigenvalue weighted by molar-refractivity contribution is 5.51. The molecule has 0 heterocycles. The lowest BCUT2D eigenvalue weighted by atomic mass is 10.0. The van der Waals surface area contributed by atoms with E-state index >= 15 is 0 Å². The molecule has 0 saturated carbocycles. The van der Waals surface area contributed by atoms with Gasteiger partial charge < -0.3 is 20.3 Å². The molecule has 0 aliphatic heterocycles. The third-order valence-electron chi connectivity index (χ3n) is 3.18. The SMILES string of the molecule is Cc1cc(O)c(C)c(C)c1OCC(O)CNC(C)C. The van der Waals surface area contributed by atoms with Crippen molar-refractivity contribution in [3.63, 3.8) is 0 Å². The van der Waals surface area contributed by atoms with Crippen LogP contribution < -0.4 is 10.1 Å². The van der Waals surface area contributed by atoms with Crippen molar-refractivity contribution in [3.8, 4) is 11.5 Å². The van der Waals surface area contributed by atoms with Gasteiger partial charge in [-0.15, -0.1) is 0 Å². The maximum atomic E-state index is 9.83. The molecule has 0 fully saturated rings. The third-order valence-corrected chi connectivity index (χ3v) is 3.18. The minimum atomic E-state index is -0.546. The number of hydrogen-bond acceptors (Lipinski definition) is 4. The third kappa shape index (κ3) is 4.40. The predicted molar refractivity (Wildman–Crippen MR) is 77.0 cm³/mol. The number of aliphatic hydroxyl groups is 1. The standard InChI is InChI=1S/C15H25NO3/c1-9(2)16-7-13(17)8-19-15-10(3)6-14(18)11(4)12(15)5/h6,9,13,16-18H,7-8H2,1-5H3. The van der Waals surface area contributed by atoms with Crippen LogP contribution in [0.4, 0.5) is 0 Å². The maximum Gasteiger partial charge on any atom is 0.125 e. The molecule has 0 bridgehead atoms. The summed E-state index contributed by atoms with van der Waals surface area (Å²) in [5, 5.41) is 22.7. The largest absolute Gasteiger partial charge is 0.508 e. The maximum absolute atomic E-state index is 9.83. The van der Waals surface area contributed by atoms with Crippen LogP contribution in [0.25, 0.3) is 0 Å². The molecule has 1 aromatic rings. The Labute approximate surface area is 115 Å². The van der Waals surface area contributed by atoms with Crippen LogP contribution >= 0.6 is 0 Å². The zero-order chi connectivity index (χ0) is 14.6. The molecular formula is C15H25NO3. The first-order valence-corrected chi connectivity index (χ1v) is 6.67. The van der Waals surface area contributed by atoms with Gasteiger partial charge in [0.25, 0.3) is 0 Å². The fourth-order valence-electron chi connectivity index (χ4n) is 1.87. The molecule has 4 nitrogen and oxygen atoms in total. The van der Waals surface area contributed by atoms with Crippen LogP contribution in [0.15, 0.2) is 6.07 Å². The average Bonchev–Trinajstić information content (AvgIpc) is 2.33. The molecule has 1 unspecified atom stereocenters. The summed E-state index contributed by atoms with van der Waals surface area (Å²) in [6, 6.07) is 2.03. The number of nitrogens with one attached hydrogen (secondary N) is 1. The van der Waals surface area contributed by atoms with Crippen molar-refractivity contribution >= 4 is 0 Å².